The van der Waals surface area contributed by atoms with Crippen LogP contribution in [-0.4, -0.2) is 65.2 Å². The van der Waals surface area contributed by atoms with Gasteiger partial charge in [-0.3, -0.25) is 0 Å². The minimum atomic E-state index is -1.42. The van der Waals surface area contributed by atoms with Gasteiger partial charge < -0.3 is 34.6 Å². The monoisotopic (exact) mass is 416 g/mol. The summed E-state index contributed by atoms with van der Waals surface area (Å²) in [5.74, 6) is 1.58. The van der Waals surface area contributed by atoms with E-state index in [2.05, 4.69) is 0 Å². The molecule has 0 amide bonds. The van der Waals surface area contributed by atoms with Gasteiger partial charge in [0, 0.05) is 12.0 Å². The Bertz CT molecular complexity index is 893. The fraction of sp³-hybridized carbons (Fsp3) is 0.478. The van der Waals surface area contributed by atoms with Crippen LogP contribution in [0, 0.1) is 6.92 Å². The lowest BCUT2D eigenvalue weighted by Gasteiger charge is -2.41. The van der Waals surface area contributed by atoms with Gasteiger partial charge in [-0.2, -0.15) is 0 Å². The number of benzene rings is 2. The third-order valence-electron chi connectivity index (χ3n) is 6.12. The Hall–Kier alpha value is -2.16. The van der Waals surface area contributed by atoms with E-state index in [9.17, 15) is 20.4 Å². The van der Waals surface area contributed by atoms with Gasteiger partial charge in [-0.05, 0) is 47.7 Å². The number of fused-ring (bicyclic) bond motifs is 1. The molecule has 1 fully saturated rings. The van der Waals surface area contributed by atoms with Gasteiger partial charge in [-0.25, -0.2) is 0 Å². The van der Waals surface area contributed by atoms with E-state index in [1.54, 1.807) is 7.11 Å². The molecule has 0 aliphatic carbocycles. The van der Waals surface area contributed by atoms with Gasteiger partial charge in [0.1, 0.15) is 42.0 Å². The summed E-state index contributed by atoms with van der Waals surface area (Å²) in [4.78, 5) is 0. The lowest BCUT2D eigenvalue weighted by molar-refractivity contribution is -0.231. The minimum absolute atomic E-state index is 0.458. The zero-order chi connectivity index (χ0) is 21.4. The van der Waals surface area contributed by atoms with Crippen molar-refractivity contribution in [1.29, 1.82) is 0 Å². The maximum absolute atomic E-state index is 10.6. The van der Waals surface area contributed by atoms with Crippen LogP contribution >= 0.6 is 0 Å². The van der Waals surface area contributed by atoms with Gasteiger partial charge in [0.05, 0.1) is 20.3 Å². The van der Waals surface area contributed by atoms with Crippen LogP contribution in [0.15, 0.2) is 30.3 Å². The molecule has 0 aromatic heterocycles. The summed E-state index contributed by atoms with van der Waals surface area (Å²) in [5, 5.41) is 40.5. The molecule has 7 heteroatoms. The second kappa shape index (κ2) is 8.53. The van der Waals surface area contributed by atoms with Crippen LogP contribution in [0.1, 0.15) is 33.9 Å². The molecular weight excluding hydrogens is 388 g/mol. The molecule has 5 atom stereocenters. The molecule has 0 bridgehead atoms. The van der Waals surface area contributed by atoms with Gasteiger partial charge in [-0.15, -0.1) is 0 Å². The molecular formula is C23H28O7. The van der Waals surface area contributed by atoms with E-state index in [1.807, 2.05) is 37.3 Å². The van der Waals surface area contributed by atoms with Crippen LogP contribution in [0.2, 0.25) is 0 Å². The molecule has 1 saturated heterocycles. The Labute approximate surface area is 175 Å². The molecule has 0 saturated carbocycles. The maximum atomic E-state index is 10.6. The molecule has 0 spiro atoms. The highest BCUT2D eigenvalue weighted by molar-refractivity contribution is 5.54. The fourth-order valence-electron chi connectivity index (χ4n) is 4.39. The average molecular weight is 416 g/mol. The second-order valence-corrected chi connectivity index (χ2v) is 7.93. The van der Waals surface area contributed by atoms with Crippen molar-refractivity contribution < 1.29 is 34.6 Å². The standard InChI is InChI=1S/C23H28O7/c1-12-17(23-21(27)20(26)19(25)18(11-24)30-23)10-14(16-7-8-29-22(12)16)9-13-3-5-15(28-2)6-4-13/h3-6,10,18-21,23-27H,7-9,11H2,1-2H3/t18-,19+,20+,21+,23+/m1/s1. The number of aliphatic hydroxyl groups excluding tert-OH is 4. The Morgan fingerprint density at radius 1 is 1.07 bits per heavy atom. The maximum Gasteiger partial charge on any atom is 0.126 e. The summed E-state index contributed by atoms with van der Waals surface area (Å²) in [5.41, 5.74) is 4.83. The lowest BCUT2D eigenvalue weighted by atomic mass is 9.86. The van der Waals surface area contributed by atoms with Crippen molar-refractivity contribution in [2.24, 2.45) is 0 Å². The first kappa shape index (κ1) is 21.1. The third kappa shape index (κ3) is 3.68. The summed E-state index contributed by atoms with van der Waals surface area (Å²) in [6, 6.07) is 9.83. The van der Waals surface area contributed by atoms with Gasteiger partial charge in [0.2, 0.25) is 0 Å². The summed E-state index contributed by atoms with van der Waals surface area (Å²) < 4.78 is 16.9. The molecule has 2 aromatic rings. The molecule has 30 heavy (non-hydrogen) atoms. The quantitative estimate of drug-likeness (QED) is 0.577. The first-order valence-electron chi connectivity index (χ1n) is 10.2. The van der Waals surface area contributed by atoms with E-state index in [0.717, 1.165) is 40.2 Å². The Morgan fingerprint density at radius 3 is 2.47 bits per heavy atom. The lowest BCUT2D eigenvalue weighted by Crippen LogP contribution is -2.55. The zero-order valence-electron chi connectivity index (χ0n) is 17.1. The normalized spacial score (nSPS) is 28.1. The molecule has 2 aromatic carbocycles. The van der Waals surface area contributed by atoms with Crippen LogP contribution < -0.4 is 9.47 Å². The highest BCUT2D eigenvalue weighted by atomic mass is 16.5. The molecule has 2 aliphatic rings. The van der Waals surface area contributed by atoms with Crippen LogP contribution in [0.25, 0.3) is 0 Å². The van der Waals surface area contributed by atoms with E-state index in [-0.39, 0.29) is 0 Å². The highest BCUT2D eigenvalue weighted by Gasteiger charge is 2.45. The van der Waals surface area contributed by atoms with Crippen molar-refractivity contribution in [3.05, 3.63) is 58.1 Å². The van der Waals surface area contributed by atoms with Crippen molar-refractivity contribution >= 4 is 0 Å². The van der Waals surface area contributed by atoms with E-state index < -0.39 is 37.1 Å². The van der Waals surface area contributed by atoms with Crippen molar-refractivity contribution in [2.45, 2.75) is 50.3 Å². The van der Waals surface area contributed by atoms with Crippen molar-refractivity contribution in [2.75, 3.05) is 20.3 Å². The van der Waals surface area contributed by atoms with Gasteiger partial charge >= 0.3 is 0 Å². The molecule has 7 nitrogen and oxygen atoms in total. The summed E-state index contributed by atoms with van der Waals surface area (Å²) in [6.07, 6.45) is -4.49. The Morgan fingerprint density at radius 2 is 1.80 bits per heavy atom. The summed E-state index contributed by atoms with van der Waals surface area (Å²) in [7, 11) is 1.63. The average Bonchev–Trinajstić information content (AvgIpc) is 3.26. The SMILES string of the molecule is COc1ccc(Cc2cc([C@@H]3O[C@H](CO)[C@H](O)[C@H](O)[C@@H]3O)c(C)c3c2CCO3)cc1. The first-order valence-corrected chi connectivity index (χ1v) is 10.2. The number of aliphatic hydroxyl groups is 4. The van der Waals surface area contributed by atoms with Gasteiger partial charge in [0.15, 0.2) is 0 Å². The summed E-state index contributed by atoms with van der Waals surface area (Å²) in [6.45, 7) is 2.03. The number of ether oxygens (including phenoxy) is 3. The third-order valence-corrected chi connectivity index (χ3v) is 6.12. The van der Waals surface area contributed by atoms with E-state index in [0.29, 0.717) is 18.6 Å². The molecule has 2 heterocycles. The van der Waals surface area contributed by atoms with Crippen LogP contribution in [0.5, 0.6) is 11.5 Å². The topological polar surface area (TPSA) is 109 Å². The molecule has 4 N–H and O–H groups in total. The zero-order valence-corrected chi connectivity index (χ0v) is 17.1. The van der Waals surface area contributed by atoms with Crippen LogP contribution in [0.3, 0.4) is 0 Å². The van der Waals surface area contributed by atoms with Gasteiger partial charge in [-0.1, -0.05) is 18.2 Å². The predicted molar refractivity (Wildman–Crippen MR) is 109 cm³/mol. The van der Waals surface area contributed by atoms with Crippen molar-refractivity contribution in [1.82, 2.24) is 0 Å². The molecule has 2 aliphatic heterocycles. The second-order valence-electron chi connectivity index (χ2n) is 7.93. The predicted octanol–water partition coefficient (Wildman–Crippen LogP) is 1.04. The number of hydrogen-bond donors (Lipinski definition) is 4. The van der Waals surface area contributed by atoms with E-state index in [1.165, 1.54) is 0 Å². The molecule has 4 rings (SSSR count). The molecule has 0 radical (unpaired) electrons. The minimum Gasteiger partial charge on any atom is -0.497 e. The van der Waals surface area contributed by atoms with E-state index in [4.69, 9.17) is 14.2 Å². The van der Waals surface area contributed by atoms with Crippen molar-refractivity contribution in [3.8, 4) is 11.5 Å². The van der Waals surface area contributed by atoms with Crippen molar-refractivity contribution in [3.63, 3.8) is 0 Å². The van der Waals surface area contributed by atoms with Crippen LogP contribution in [0.4, 0.5) is 0 Å². The molecule has 0 unspecified atom stereocenters. The Kier molecular flexibility index (Phi) is 5.99. The first-order chi connectivity index (χ1) is 14.4. The largest absolute Gasteiger partial charge is 0.497 e. The van der Waals surface area contributed by atoms with E-state index >= 15 is 0 Å². The highest BCUT2D eigenvalue weighted by Crippen LogP contribution is 2.42. The van der Waals surface area contributed by atoms with Gasteiger partial charge in [0.25, 0.3) is 0 Å². The fourth-order valence-corrected chi connectivity index (χ4v) is 4.39. The molecule has 162 valence electrons. The number of rotatable bonds is 5. The summed E-state index contributed by atoms with van der Waals surface area (Å²) >= 11 is 0. The number of hydrogen-bond acceptors (Lipinski definition) is 7. The Balaban J connectivity index is 1.72. The van der Waals surface area contributed by atoms with Crippen LogP contribution in [-0.2, 0) is 17.6 Å². The number of methoxy groups -OCH3 is 1. The smallest absolute Gasteiger partial charge is 0.126 e.